The van der Waals surface area contributed by atoms with Gasteiger partial charge in [0.25, 0.3) is 5.91 Å². The van der Waals surface area contributed by atoms with Crippen molar-refractivity contribution in [3.63, 3.8) is 0 Å². The van der Waals surface area contributed by atoms with Gasteiger partial charge in [0, 0.05) is 45.1 Å². The number of amides is 1. The maximum Gasteiger partial charge on any atom is 0.251 e. The molecule has 0 spiro atoms. The van der Waals surface area contributed by atoms with Crippen molar-refractivity contribution in [1.82, 2.24) is 15.0 Å². The van der Waals surface area contributed by atoms with Crippen LogP contribution in [-0.4, -0.2) is 59.9 Å². The molecular formula is C20H27N3O6S. The smallest absolute Gasteiger partial charge is 0.251 e. The first-order chi connectivity index (χ1) is 14.4. The summed E-state index contributed by atoms with van der Waals surface area (Å²) in [6.07, 6.45) is 1.61. The van der Waals surface area contributed by atoms with Gasteiger partial charge in [-0.3, -0.25) is 4.79 Å². The van der Waals surface area contributed by atoms with Crippen molar-refractivity contribution >= 4 is 15.9 Å². The van der Waals surface area contributed by atoms with Crippen LogP contribution in [0.25, 0.3) is 0 Å². The first-order valence-corrected chi connectivity index (χ1v) is 10.8. The summed E-state index contributed by atoms with van der Waals surface area (Å²) in [5.74, 6) is 0.0960. The molecule has 2 rings (SSSR count). The van der Waals surface area contributed by atoms with E-state index in [2.05, 4.69) is 15.0 Å². The Bertz CT molecular complexity index is 932. The molecule has 1 aromatic heterocycles. The molecule has 0 atom stereocenters. The molecule has 164 valence electrons. The quantitative estimate of drug-likeness (QED) is 0.481. The van der Waals surface area contributed by atoms with Crippen molar-refractivity contribution in [2.45, 2.75) is 18.4 Å². The molecule has 2 aromatic rings. The third-order valence-electron chi connectivity index (χ3n) is 4.15. The van der Waals surface area contributed by atoms with E-state index in [-0.39, 0.29) is 36.1 Å². The van der Waals surface area contributed by atoms with Gasteiger partial charge in [-0.25, -0.2) is 18.1 Å². The topological polar surface area (TPSA) is 116 Å². The van der Waals surface area contributed by atoms with Crippen molar-refractivity contribution in [2.75, 3.05) is 40.6 Å². The molecule has 0 aliphatic carbocycles. The van der Waals surface area contributed by atoms with Gasteiger partial charge < -0.3 is 19.5 Å². The molecule has 0 saturated carbocycles. The number of aromatic nitrogens is 1. The van der Waals surface area contributed by atoms with Gasteiger partial charge in [0.2, 0.25) is 15.9 Å². The molecular weight excluding hydrogens is 410 g/mol. The average Bonchev–Trinajstić information content (AvgIpc) is 2.73. The van der Waals surface area contributed by atoms with Crippen molar-refractivity contribution in [2.24, 2.45) is 0 Å². The van der Waals surface area contributed by atoms with E-state index in [4.69, 9.17) is 14.2 Å². The number of carbonyl (C=O) groups excluding carboxylic acids is 1. The van der Waals surface area contributed by atoms with Crippen LogP contribution >= 0.6 is 0 Å². The number of nitrogens with zero attached hydrogens (tertiary/aromatic N) is 1. The van der Waals surface area contributed by atoms with Crippen LogP contribution in [-0.2, 0) is 26.0 Å². The number of ether oxygens (including phenoxy) is 3. The van der Waals surface area contributed by atoms with Crippen molar-refractivity contribution in [1.29, 1.82) is 0 Å². The van der Waals surface area contributed by atoms with E-state index in [1.807, 2.05) is 0 Å². The second-order valence-electron chi connectivity index (χ2n) is 6.40. The van der Waals surface area contributed by atoms with Crippen molar-refractivity contribution in [3.8, 4) is 5.88 Å². The van der Waals surface area contributed by atoms with E-state index < -0.39 is 10.0 Å². The normalized spacial score (nSPS) is 11.3. The maximum atomic E-state index is 12.6. The molecule has 10 heteroatoms. The highest BCUT2D eigenvalue weighted by Gasteiger charge is 2.17. The molecule has 9 nitrogen and oxygen atoms in total. The third kappa shape index (κ3) is 7.06. The SMILES string of the molecule is COCCNS(=O)(=O)c1ccc(C)c(C(=O)NCc2ccc(OCCOC)nc2)c1. The Labute approximate surface area is 176 Å². The van der Waals surface area contributed by atoms with Gasteiger partial charge >= 0.3 is 0 Å². The van der Waals surface area contributed by atoms with Crippen LogP contribution in [0.4, 0.5) is 0 Å². The summed E-state index contributed by atoms with van der Waals surface area (Å²) >= 11 is 0. The summed E-state index contributed by atoms with van der Waals surface area (Å²) in [4.78, 5) is 16.8. The first-order valence-electron chi connectivity index (χ1n) is 9.31. The van der Waals surface area contributed by atoms with Gasteiger partial charge in [0.15, 0.2) is 0 Å². The predicted molar refractivity (Wildman–Crippen MR) is 111 cm³/mol. The van der Waals surface area contributed by atoms with Crippen LogP contribution in [0.5, 0.6) is 5.88 Å². The molecule has 0 radical (unpaired) electrons. The Kier molecular flexibility index (Phi) is 9.18. The molecule has 0 fully saturated rings. The van der Waals surface area contributed by atoms with Crippen LogP contribution in [0.15, 0.2) is 41.4 Å². The Balaban J connectivity index is 2.01. The number of rotatable bonds is 12. The highest BCUT2D eigenvalue weighted by Crippen LogP contribution is 2.16. The number of aryl methyl sites for hydroxylation is 1. The first kappa shape index (κ1) is 23.7. The Morgan fingerprint density at radius 3 is 2.50 bits per heavy atom. The lowest BCUT2D eigenvalue weighted by atomic mass is 10.1. The minimum absolute atomic E-state index is 0.0218. The lowest BCUT2D eigenvalue weighted by Gasteiger charge is -2.11. The molecule has 0 aliphatic heterocycles. The minimum atomic E-state index is -3.73. The fraction of sp³-hybridized carbons (Fsp3) is 0.400. The second kappa shape index (κ2) is 11.6. The second-order valence-corrected chi connectivity index (χ2v) is 8.16. The standard InChI is InChI=1S/C20H27N3O6S/c1-15-4-6-17(30(25,26)23-8-9-27-2)12-18(15)20(24)22-14-16-5-7-19(21-13-16)29-11-10-28-3/h4-7,12-13,23H,8-11,14H2,1-3H3,(H,22,24). The number of benzene rings is 1. The molecule has 1 heterocycles. The summed E-state index contributed by atoms with van der Waals surface area (Å²) in [5, 5.41) is 2.78. The molecule has 0 aliphatic rings. The zero-order valence-corrected chi connectivity index (χ0v) is 18.1. The summed E-state index contributed by atoms with van der Waals surface area (Å²) < 4.78 is 42.3. The highest BCUT2D eigenvalue weighted by molar-refractivity contribution is 7.89. The van der Waals surface area contributed by atoms with Gasteiger partial charge in [-0.05, 0) is 30.2 Å². The summed E-state index contributed by atoms with van der Waals surface area (Å²) in [5.41, 5.74) is 1.74. The molecule has 1 aromatic carbocycles. The molecule has 2 N–H and O–H groups in total. The Morgan fingerprint density at radius 1 is 1.07 bits per heavy atom. The van der Waals surface area contributed by atoms with Crippen LogP contribution in [0.3, 0.4) is 0 Å². The number of hydrogen-bond donors (Lipinski definition) is 2. The van der Waals surface area contributed by atoms with Crippen molar-refractivity contribution < 1.29 is 27.4 Å². The average molecular weight is 438 g/mol. The fourth-order valence-corrected chi connectivity index (χ4v) is 3.52. The summed E-state index contributed by atoms with van der Waals surface area (Å²) in [6.45, 7) is 3.26. The van der Waals surface area contributed by atoms with Gasteiger partial charge in [0.05, 0.1) is 18.1 Å². The monoisotopic (exact) mass is 437 g/mol. The van der Waals surface area contributed by atoms with Crippen LogP contribution in [0.1, 0.15) is 21.5 Å². The lowest BCUT2D eigenvalue weighted by molar-refractivity contribution is 0.0950. The van der Waals surface area contributed by atoms with Crippen LogP contribution in [0, 0.1) is 6.92 Å². The number of nitrogens with one attached hydrogen (secondary N) is 2. The molecule has 0 saturated heterocycles. The number of pyridine rings is 1. The van der Waals surface area contributed by atoms with Gasteiger partial charge in [-0.2, -0.15) is 0 Å². The van der Waals surface area contributed by atoms with Gasteiger partial charge in [-0.15, -0.1) is 0 Å². The lowest BCUT2D eigenvalue weighted by Crippen LogP contribution is -2.28. The number of methoxy groups -OCH3 is 2. The molecule has 0 bridgehead atoms. The summed E-state index contributed by atoms with van der Waals surface area (Å²) in [7, 11) is -0.653. The van der Waals surface area contributed by atoms with E-state index in [1.165, 1.54) is 19.2 Å². The molecule has 0 unspecified atom stereocenters. The molecule has 30 heavy (non-hydrogen) atoms. The van der Waals surface area contributed by atoms with E-state index in [0.717, 1.165) is 5.56 Å². The van der Waals surface area contributed by atoms with E-state index in [1.54, 1.807) is 38.4 Å². The van der Waals surface area contributed by atoms with Gasteiger partial charge in [0.1, 0.15) is 6.61 Å². The number of sulfonamides is 1. The van der Waals surface area contributed by atoms with Crippen molar-refractivity contribution in [3.05, 3.63) is 53.2 Å². The number of carbonyl (C=O) groups is 1. The third-order valence-corrected chi connectivity index (χ3v) is 5.61. The Hall–Kier alpha value is -2.53. The minimum Gasteiger partial charge on any atom is -0.475 e. The maximum absolute atomic E-state index is 12.6. The van der Waals surface area contributed by atoms with Crippen LogP contribution in [0.2, 0.25) is 0 Å². The number of hydrogen-bond acceptors (Lipinski definition) is 7. The van der Waals surface area contributed by atoms with Gasteiger partial charge in [-0.1, -0.05) is 12.1 Å². The fourth-order valence-electron chi connectivity index (χ4n) is 2.48. The zero-order valence-electron chi connectivity index (χ0n) is 17.3. The van der Waals surface area contributed by atoms with E-state index in [9.17, 15) is 13.2 Å². The van der Waals surface area contributed by atoms with Crippen LogP contribution < -0.4 is 14.8 Å². The largest absolute Gasteiger partial charge is 0.475 e. The molecule has 1 amide bonds. The van der Waals surface area contributed by atoms with E-state index >= 15 is 0 Å². The zero-order chi connectivity index (χ0) is 22.0. The van der Waals surface area contributed by atoms with E-state index in [0.29, 0.717) is 24.7 Å². The highest BCUT2D eigenvalue weighted by atomic mass is 32.2. The summed E-state index contributed by atoms with van der Waals surface area (Å²) in [6, 6.07) is 7.94. The predicted octanol–water partition coefficient (Wildman–Crippen LogP) is 1.27. The Morgan fingerprint density at radius 2 is 1.83 bits per heavy atom.